The molecule has 118 valence electrons. The molecule has 0 spiro atoms. The molecule has 0 radical (unpaired) electrons. The molecule has 0 saturated heterocycles. The fourth-order valence-corrected chi connectivity index (χ4v) is 2.23. The first-order chi connectivity index (χ1) is 10.8. The van der Waals surface area contributed by atoms with Gasteiger partial charge in [0.1, 0.15) is 6.33 Å². The summed E-state index contributed by atoms with van der Waals surface area (Å²) in [6.45, 7) is 0. The minimum atomic E-state index is -4.64. The van der Waals surface area contributed by atoms with E-state index in [2.05, 4.69) is 4.98 Å². The van der Waals surface area contributed by atoms with Crippen molar-refractivity contribution in [2.45, 2.75) is 6.18 Å². The lowest BCUT2D eigenvalue weighted by atomic mass is 10.0. The first-order valence-electron chi connectivity index (χ1n) is 6.31. The van der Waals surface area contributed by atoms with Crippen LogP contribution in [0.15, 0.2) is 47.7 Å². The van der Waals surface area contributed by atoms with Crippen molar-refractivity contribution in [1.29, 1.82) is 0 Å². The fraction of sp³-hybridized carbons (Fsp3) is 0.0667. The molecule has 0 aliphatic rings. The average Bonchev–Trinajstić information content (AvgIpc) is 2.49. The second-order valence-corrected chi connectivity index (χ2v) is 4.73. The van der Waals surface area contributed by atoms with Crippen LogP contribution in [0.5, 0.6) is 0 Å². The van der Waals surface area contributed by atoms with E-state index in [-0.39, 0.29) is 5.52 Å². The summed E-state index contributed by atoms with van der Waals surface area (Å²) in [6.07, 6.45) is -2.58. The van der Waals surface area contributed by atoms with Crippen LogP contribution in [0.2, 0.25) is 0 Å². The number of halogens is 5. The summed E-state index contributed by atoms with van der Waals surface area (Å²) < 4.78 is 67.0. The molecule has 3 rings (SSSR count). The van der Waals surface area contributed by atoms with E-state index in [4.69, 9.17) is 0 Å². The SMILES string of the molecule is O=c1ncn2ccc(C(F)(F)F)cc2c1-c1cccc(F)c1F. The normalized spacial score (nSPS) is 11.9. The highest BCUT2D eigenvalue weighted by Gasteiger charge is 2.31. The highest BCUT2D eigenvalue weighted by molar-refractivity contribution is 5.80. The molecule has 8 heteroatoms. The highest BCUT2D eigenvalue weighted by atomic mass is 19.4. The number of nitrogens with zero attached hydrogens (tertiary/aromatic N) is 2. The smallest absolute Gasteiger partial charge is 0.307 e. The van der Waals surface area contributed by atoms with E-state index >= 15 is 0 Å². The van der Waals surface area contributed by atoms with Crippen LogP contribution in [0, 0.1) is 11.6 Å². The van der Waals surface area contributed by atoms with E-state index in [0.29, 0.717) is 6.07 Å². The number of alkyl halides is 3. The van der Waals surface area contributed by atoms with Gasteiger partial charge in [-0.1, -0.05) is 12.1 Å². The van der Waals surface area contributed by atoms with Gasteiger partial charge in [0.15, 0.2) is 11.6 Å². The standard InChI is InChI=1S/C15H7F5N2O/c16-10-3-1-2-9(13(10)17)12-11-6-8(15(18,19)20)4-5-22(11)7-21-14(12)23/h1-7H. The van der Waals surface area contributed by atoms with Crippen LogP contribution in [0.1, 0.15) is 5.56 Å². The number of pyridine rings is 1. The molecule has 0 aliphatic carbocycles. The maximum atomic E-state index is 14.0. The van der Waals surface area contributed by atoms with Gasteiger partial charge in [-0.25, -0.2) is 8.78 Å². The Kier molecular flexibility index (Phi) is 3.39. The van der Waals surface area contributed by atoms with Crippen LogP contribution < -0.4 is 5.56 Å². The minimum absolute atomic E-state index is 0.218. The second kappa shape index (κ2) is 5.15. The molecule has 1 aromatic carbocycles. The molecule has 0 N–H and O–H groups in total. The van der Waals surface area contributed by atoms with Gasteiger partial charge in [0.05, 0.1) is 16.6 Å². The molecule has 0 saturated carbocycles. The first kappa shape index (κ1) is 15.1. The largest absolute Gasteiger partial charge is 0.416 e. The average molecular weight is 326 g/mol. The van der Waals surface area contributed by atoms with Crippen LogP contribution in [0.25, 0.3) is 16.6 Å². The molecule has 0 bridgehead atoms. The monoisotopic (exact) mass is 326 g/mol. The zero-order valence-corrected chi connectivity index (χ0v) is 11.2. The van der Waals surface area contributed by atoms with Gasteiger partial charge in [0.25, 0.3) is 5.56 Å². The summed E-state index contributed by atoms with van der Waals surface area (Å²) in [7, 11) is 0. The minimum Gasteiger partial charge on any atom is -0.307 e. The Labute approximate surface area is 125 Å². The van der Waals surface area contributed by atoms with Gasteiger partial charge < -0.3 is 4.40 Å². The van der Waals surface area contributed by atoms with Crippen molar-refractivity contribution in [3.63, 3.8) is 0 Å². The Morgan fingerprint density at radius 1 is 1.09 bits per heavy atom. The number of benzene rings is 1. The quantitative estimate of drug-likeness (QED) is 0.640. The predicted molar refractivity (Wildman–Crippen MR) is 71.8 cm³/mol. The molecule has 3 nitrogen and oxygen atoms in total. The topological polar surface area (TPSA) is 34.4 Å². The second-order valence-electron chi connectivity index (χ2n) is 4.73. The van der Waals surface area contributed by atoms with E-state index in [1.54, 1.807) is 0 Å². The molecule has 2 aromatic heterocycles. The summed E-state index contributed by atoms with van der Waals surface area (Å²) >= 11 is 0. The molecule has 0 unspecified atom stereocenters. The van der Waals surface area contributed by atoms with Gasteiger partial charge in [-0.2, -0.15) is 18.2 Å². The third-order valence-electron chi connectivity index (χ3n) is 3.30. The molecule has 3 aromatic rings. The van der Waals surface area contributed by atoms with Crippen molar-refractivity contribution in [1.82, 2.24) is 9.38 Å². The molecular weight excluding hydrogens is 319 g/mol. The fourth-order valence-electron chi connectivity index (χ4n) is 2.23. The summed E-state index contributed by atoms with van der Waals surface area (Å²) in [5, 5.41) is 0. The first-order valence-corrected chi connectivity index (χ1v) is 6.31. The van der Waals surface area contributed by atoms with E-state index in [1.165, 1.54) is 0 Å². The van der Waals surface area contributed by atoms with Crippen molar-refractivity contribution in [2.75, 3.05) is 0 Å². The van der Waals surface area contributed by atoms with Crippen molar-refractivity contribution in [3.8, 4) is 11.1 Å². The Bertz CT molecular complexity index is 962. The van der Waals surface area contributed by atoms with Crippen molar-refractivity contribution in [2.24, 2.45) is 0 Å². The molecule has 0 atom stereocenters. The van der Waals surface area contributed by atoms with Crippen molar-refractivity contribution < 1.29 is 22.0 Å². The third kappa shape index (κ3) is 2.56. The van der Waals surface area contributed by atoms with Gasteiger partial charge in [-0.15, -0.1) is 0 Å². The predicted octanol–water partition coefficient (Wildman–Crippen LogP) is 3.66. The van der Waals surface area contributed by atoms with Crippen LogP contribution in [-0.4, -0.2) is 9.38 Å². The van der Waals surface area contributed by atoms with E-state index in [9.17, 15) is 26.7 Å². The Morgan fingerprint density at radius 3 is 2.52 bits per heavy atom. The van der Waals surface area contributed by atoms with Crippen molar-refractivity contribution in [3.05, 3.63) is 70.4 Å². The maximum Gasteiger partial charge on any atom is 0.416 e. The lowest BCUT2D eigenvalue weighted by Gasteiger charge is -2.11. The number of fused-ring (bicyclic) bond motifs is 1. The molecular formula is C15H7F5N2O. The van der Waals surface area contributed by atoms with Crippen LogP contribution >= 0.6 is 0 Å². The molecule has 2 heterocycles. The van der Waals surface area contributed by atoms with Gasteiger partial charge >= 0.3 is 6.18 Å². The van der Waals surface area contributed by atoms with E-state index < -0.39 is 40.1 Å². The zero-order valence-electron chi connectivity index (χ0n) is 11.2. The Morgan fingerprint density at radius 2 is 1.83 bits per heavy atom. The van der Waals surface area contributed by atoms with Crippen LogP contribution in [-0.2, 0) is 6.18 Å². The molecule has 23 heavy (non-hydrogen) atoms. The van der Waals surface area contributed by atoms with Gasteiger partial charge in [-0.3, -0.25) is 4.79 Å². The summed E-state index contributed by atoms with van der Waals surface area (Å²) in [6, 6.07) is 4.60. The Balaban J connectivity index is 2.42. The number of hydrogen-bond acceptors (Lipinski definition) is 2. The van der Waals surface area contributed by atoms with Gasteiger partial charge in [0, 0.05) is 11.8 Å². The lowest BCUT2D eigenvalue weighted by Crippen LogP contribution is -2.14. The van der Waals surface area contributed by atoms with E-state index in [1.807, 2.05) is 0 Å². The Hall–Kier alpha value is -2.77. The molecule has 0 fully saturated rings. The summed E-state index contributed by atoms with van der Waals surface area (Å²) in [4.78, 5) is 15.4. The summed E-state index contributed by atoms with van der Waals surface area (Å²) in [5.74, 6) is -2.53. The molecule has 0 aliphatic heterocycles. The highest BCUT2D eigenvalue weighted by Crippen LogP contribution is 2.32. The number of hydrogen-bond donors (Lipinski definition) is 0. The van der Waals surface area contributed by atoms with Gasteiger partial charge in [-0.05, 0) is 18.2 Å². The van der Waals surface area contributed by atoms with Crippen molar-refractivity contribution >= 4 is 5.52 Å². The van der Waals surface area contributed by atoms with Crippen LogP contribution in [0.3, 0.4) is 0 Å². The third-order valence-corrected chi connectivity index (χ3v) is 3.30. The maximum absolute atomic E-state index is 14.0. The lowest BCUT2D eigenvalue weighted by molar-refractivity contribution is -0.137. The number of rotatable bonds is 1. The zero-order chi connectivity index (χ0) is 16.8. The molecule has 0 amide bonds. The van der Waals surface area contributed by atoms with Crippen LogP contribution in [0.4, 0.5) is 22.0 Å². The van der Waals surface area contributed by atoms with E-state index in [0.717, 1.165) is 41.2 Å². The number of aromatic nitrogens is 2. The summed E-state index contributed by atoms with van der Waals surface area (Å²) in [5.41, 5.74) is -3.06. The van der Waals surface area contributed by atoms with Gasteiger partial charge in [0.2, 0.25) is 0 Å².